The molecular formula is C10H18O5. The predicted molar refractivity (Wildman–Crippen MR) is 53.4 cm³/mol. The van der Waals surface area contributed by atoms with Gasteiger partial charge in [0.2, 0.25) is 0 Å². The third-order valence-corrected chi connectivity index (χ3v) is 1.97. The Hall–Kier alpha value is -1.10. The van der Waals surface area contributed by atoms with Gasteiger partial charge in [0, 0.05) is 0 Å². The first kappa shape index (κ1) is 13.9. The summed E-state index contributed by atoms with van der Waals surface area (Å²) in [5.74, 6) is -2.95. The van der Waals surface area contributed by atoms with Gasteiger partial charge in [0.05, 0.1) is 6.10 Å². The largest absolute Gasteiger partial charge is 0.473 e. The molecule has 0 saturated carbocycles. The predicted octanol–water partition coefficient (Wildman–Crippen LogP) is 0.946. The molecule has 0 aliphatic heterocycles. The third kappa shape index (κ3) is 7.93. The Bertz CT molecular complexity index is 202. The SMILES string of the molecule is CCCCCCC(O)COC(=O)C(=O)O. The molecule has 0 saturated heterocycles. The van der Waals surface area contributed by atoms with Crippen molar-refractivity contribution in [2.75, 3.05) is 6.61 Å². The highest BCUT2D eigenvalue weighted by Crippen LogP contribution is 2.05. The summed E-state index contributed by atoms with van der Waals surface area (Å²) in [5.41, 5.74) is 0. The van der Waals surface area contributed by atoms with Gasteiger partial charge in [-0.2, -0.15) is 0 Å². The van der Waals surface area contributed by atoms with Gasteiger partial charge >= 0.3 is 11.9 Å². The van der Waals surface area contributed by atoms with Gasteiger partial charge in [-0.05, 0) is 6.42 Å². The number of carboxylic acids is 1. The molecule has 0 aromatic carbocycles. The van der Waals surface area contributed by atoms with Crippen LogP contribution in [0.25, 0.3) is 0 Å². The summed E-state index contributed by atoms with van der Waals surface area (Å²) in [6, 6.07) is 0. The van der Waals surface area contributed by atoms with Crippen LogP contribution < -0.4 is 0 Å². The first-order valence-corrected chi connectivity index (χ1v) is 5.16. The van der Waals surface area contributed by atoms with Crippen molar-refractivity contribution >= 4 is 11.9 Å². The van der Waals surface area contributed by atoms with Gasteiger partial charge in [0.1, 0.15) is 6.61 Å². The van der Waals surface area contributed by atoms with Gasteiger partial charge in [-0.25, -0.2) is 9.59 Å². The summed E-state index contributed by atoms with van der Waals surface area (Å²) in [6.45, 7) is 1.85. The second-order valence-corrected chi connectivity index (χ2v) is 3.41. The van der Waals surface area contributed by atoms with Crippen molar-refractivity contribution in [2.24, 2.45) is 0 Å². The molecule has 1 atom stereocenters. The molecule has 2 N–H and O–H groups in total. The Labute approximate surface area is 89.0 Å². The molecule has 0 aliphatic rings. The van der Waals surface area contributed by atoms with Crippen molar-refractivity contribution in [2.45, 2.75) is 45.1 Å². The lowest BCUT2D eigenvalue weighted by Gasteiger charge is -2.09. The summed E-state index contributed by atoms with van der Waals surface area (Å²) in [7, 11) is 0. The Kier molecular flexibility index (Phi) is 7.62. The maximum Gasteiger partial charge on any atom is 0.417 e. The average molecular weight is 218 g/mol. The van der Waals surface area contributed by atoms with Crippen LogP contribution in [-0.4, -0.2) is 34.9 Å². The highest BCUT2D eigenvalue weighted by Gasteiger charge is 2.14. The number of hydrogen-bond acceptors (Lipinski definition) is 4. The van der Waals surface area contributed by atoms with Crippen molar-refractivity contribution in [3.63, 3.8) is 0 Å². The Morgan fingerprint density at radius 1 is 1.27 bits per heavy atom. The van der Waals surface area contributed by atoms with E-state index >= 15 is 0 Å². The van der Waals surface area contributed by atoms with E-state index in [-0.39, 0.29) is 6.61 Å². The lowest BCUT2D eigenvalue weighted by Crippen LogP contribution is -2.23. The zero-order valence-electron chi connectivity index (χ0n) is 8.94. The standard InChI is InChI=1S/C10H18O5/c1-2-3-4-5-6-8(11)7-15-10(14)9(12)13/h8,11H,2-7H2,1H3,(H,12,13). The van der Waals surface area contributed by atoms with Gasteiger partial charge in [0.15, 0.2) is 0 Å². The van der Waals surface area contributed by atoms with Gasteiger partial charge in [0.25, 0.3) is 0 Å². The van der Waals surface area contributed by atoms with E-state index in [4.69, 9.17) is 5.11 Å². The van der Waals surface area contributed by atoms with E-state index < -0.39 is 18.0 Å². The molecular weight excluding hydrogens is 200 g/mol. The van der Waals surface area contributed by atoms with Crippen molar-refractivity contribution < 1.29 is 24.5 Å². The number of aliphatic carboxylic acids is 1. The molecule has 0 rings (SSSR count). The van der Waals surface area contributed by atoms with E-state index in [1.54, 1.807) is 0 Å². The molecule has 0 amide bonds. The zero-order chi connectivity index (χ0) is 11.7. The van der Waals surface area contributed by atoms with Crippen molar-refractivity contribution in [3.8, 4) is 0 Å². The van der Waals surface area contributed by atoms with Crippen LogP contribution in [0, 0.1) is 0 Å². The van der Waals surface area contributed by atoms with Crippen molar-refractivity contribution in [1.29, 1.82) is 0 Å². The number of ether oxygens (including phenoxy) is 1. The van der Waals surface area contributed by atoms with Crippen molar-refractivity contribution in [1.82, 2.24) is 0 Å². The maximum atomic E-state index is 10.5. The summed E-state index contributed by atoms with van der Waals surface area (Å²) in [5, 5.41) is 17.5. The number of rotatable bonds is 7. The average Bonchev–Trinajstić information content (AvgIpc) is 2.20. The number of hydrogen-bond donors (Lipinski definition) is 2. The molecule has 0 heterocycles. The van der Waals surface area contributed by atoms with E-state index in [2.05, 4.69) is 11.7 Å². The third-order valence-electron chi connectivity index (χ3n) is 1.97. The van der Waals surface area contributed by atoms with Gasteiger partial charge in [-0.1, -0.05) is 32.6 Å². The summed E-state index contributed by atoms with van der Waals surface area (Å²) < 4.78 is 4.33. The smallest absolute Gasteiger partial charge is 0.417 e. The summed E-state index contributed by atoms with van der Waals surface area (Å²) >= 11 is 0. The van der Waals surface area contributed by atoms with Crippen molar-refractivity contribution in [3.05, 3.63) is 0 Å². The number of aliphatic hydroxyl groups is 1. The fourth-order valence-corrected chi connectivity index (χ4v) is 1.12. The topological polar surface area (TPSA) is 83.8 Å². The highest BCUT2D eigenvalue weighted by molar-refractivity contribution is 6.28. The molecule has 88 valence electrons. The van der Waals surface area contributed by atoms with Crippen LogP contribution in [-0.2, 0) is 14.3 Å². The molecule has 0 bridgehead atoms. The van der Waals surface area contributed by atoms with Crippen LogP contribution in [0.15, 0.2) is 0 Å². The lowest BCUT2D eigenvalue weighted by molar-refractivity contribution is -0.165. The molecule has 5 nitrogen and oxygen atoms in total. The first-order chi connectivity index (χ1) is 7.07. The monoisotopic (exact) mass is 218 g/mol. The van der Waals surface area contributed by atoms with Crippen LogP contribution in [0.1, 0.15) is 39.0 Å². The van der Waals surface area contributed by atoms with Gasteiger partial charge in [-0.3, -0.25) is 0 Å². The highest BCUT2D eigenvalue weighted by atomic mass is 16.6. The molecule has 0 aromatic rings. The Morgan fingerprint density at radius 3 is 2.47 bits per heavy atom. The lowest BCUT2D eigenvalue weighted by atomic mass is 10.1. The van der Waals surface area contributed by atoms with E-state index in [1.807, 2.05) is 0 Å². The zero-order valence-corrected chi connectivity index (χ0v) is 8.94. The molecule has 5 heteroatoms. The van der Waals surface area contributed by atoms with E-state index in [0.717, 1.165) is 25.7 Å². The molecule has 15 heavy (non-hydrogen) atoms. The first-order valence-electron chi connectivity index (χ1n) is 5.16. The number of carbonyl (C=O) groups excluding carboxylic acids is 1. The molecule has 0 spiro atoms. The van der Waals surface area contributed by atoms with Crippen LogP contribution in [0.4, 0.5) is 0 Å². The van der Waals surface area contributed by atoms with E-state index in [1.165, 1.54) is 0 Å². The minimum absolute atomic E-state index is 0.239. The van der Waals surface area contributed by atoms with Crippen LogP contribution in [0.3, 0.4) is 0 Å². The number of carboxylic acid groups (broad SMARTS) is 1. The fraction of sp³-hybridized carbons (Fsp3) is 0.800. The van der Waals surface area contributed by atoms with Gasteiger partial charge in [-0.15, -0.1) is 0 Å². The van der Waals surface area contributed by atoms with Crippen LogP contribution >= 0.6 is 0 Å². The van der Waals surface area contributed by atoms with E-state index in [0.29, 0.717) is 6.42 Å². The molecule has 0 fully saturated rings. The fourth-order valence-electron chi connectivity index (χ4n) is 1.12. The molecule has 0 aromatic heterocycles. The number of unbranched alkanes of at least 4 members (excludes halogenated alkanes) is 3. The Morgan fingerprint density at radius 2 is 1.93 bits per heavy atom. The molecule has 0 radical (unpaired) electrons. The van der Waals surface area contributed by atoms with E-state index in [9.17, 15) is 14.7 Å². The second kappa shape index (κ2) is 8.23. The van der Waals surface area contributed by atoms with Gasteiger partial charge < -0.3 is 14.9 Å². The molecule has 1 unspecified atom stereocenters. The summed E-state index contributed by atoms with van der Waals surface area (Å²) in [6.07, 6.45) is 3.89. The van der Waals surface area contributed by atoms with Crippen LogP contribution in [0.5, 0.6) is 0 Å². The number of esters is 1. The normalized spacial score (nSPS) is 12.1. The Balaban J connectivity index is 3.44. The minimum atomic E-state index is -1.63. The number of aliphatic hydroxyl groups excluding tert-OH is 1. The second-order valence-electron chi connectivity index (χ2n) is 3.41. The summed E-state index contributed by atoms with van der Waals surface area (Å²) in [4.78, 5) is 20.5. The quantitative estimate of drug-likeness (QED) is 0.377. The maximum absolute atomic E-state index is 10.5. The number of carbonyl (C=O) groups is 2. The van der Waals surface area contributed by atoms with Crippen LogP contribution in [0.2, 0.25) is 0 Å². The minimum Gasteiger partial charge on any atom is -0.473 e. The molecule has 0 aliphatic carbocycles.